The van der Waals surface area contributed by atoms with E-state index in [-0.39, 0.29) is 12.2 Å². The van der Waals surface area contributed by atoms with Crippen LogP contribution in [0.5, 0.6) is 23.0 Å². The quantitative estimate of drug-likeness (QED) is 0.641. The van der Waals surface area contributed by atoms with Crippen LogP contribution in [-0.4, -0.2) is 19.2 Å². The number of carbonyl (C=O) groups excluding carboxylic acids is 1. The van der Waals surface area contributed by atoms with Gasteiger partial charge in [0.2, 0.25) is 0 Å². The van der Waals surface area contributed by atoms with Crippen molar-refractivity contribution in [2.45, 2.75) is 26.1 Å². The molecular weight excluding hydrogens is 296 g/mol. The Hall–Kier alpha value is -2.69. The van der Waals surface area contributed by atoms with Gasteiger partial charge >= 0.3 is 5.97 Å². The van der Waals surface area contributed by atoms with Crippen LogP contribution in [0.1, 0.15) is 25.5 Å². The smallest absolute Gasteiger partial charge is 0.308 e. The molecule has 1 heterocycles. The number of ether oxygens (including phenoxy) is 4. The first-order valence-corrected chi connectivity index (χ1v) is 7.37. The first-order valence-electron chi connectivity index (χ1n) is 7.37. The summed E-state index contributed by atoms with van der Waals surface area (Å²) in [5.74, 6) is 1.91. The van der Waals surface area contributed by atoms with Crippen molar-refractivity contribution in [3.05, 3.63) is 48.0 Å². The summed E-state index contributed by atoms with van der Waals surface area (Å²) in [6.07, 6.45) is -0.431. The molecule has 0 bridgehead atoms. The molecule has 0 saturated heterocycles. The number of rotatable bonds is 3. The van der Waals surface area contributed by atoms with Gasteiger partial charge in [0.15, 0.2) is 29.1 Å². The third kappa shape index (κ3) is 3.08. The molecule has 0 unspecified atom stereocenters. The Bertz CT molecular complexity index is 725. The molecule has 120 valence electrons. The molecule has 0 radical (unpaired) electrons. The maximum Gasteiger partial charge on any atom is 0.308 e. The molecule has 0 saturated carbocycles. The van der Waals surface area contributed by atoms with E-state index in [0.717, 1.165) is 11.3 Å². The summed E-state index contributed by atoms with van der Waals surface area (Å²) >= 11 is 0. The highest BCUT2D eigenvalue weighted by Gasteiger charge is 2.30. The summed E-state index contributed by atoms with van der Waals surface area (Å²) in [4.78, 5) is 11.1. The third-order valence-corrected chi connectivity index (χ3v) is 3.61. The molecule has 1 aliphatic rings. The number of para-hydroxylation sites is 2. The van der Waals surface area contributed by atoms with E-state index in [1.165, 1.54) is 14.0 Å². The highest BCUT2D eigenvalue weighted by atomic mass is 16.6. The Kier molecular flexibility index (Phi) is 4.10. The van der Waals surface area contributed by atoms with Gasteiger partial charge in [-0.2, -0.15) is 0 Å². The molecule has 1 aliphatic heterocycles. The van der Waals surface area contributed by atoms with Crippen LogP contribution in [0, 0.1) is 0 Å². The van der Waals surface area contributed by atoms with Crippen LogP contribution in [0.4, 0.5) is 0 Å². The van der Waals surface area contributed by atoms with Crippen LogP contribution in [-0.2, 0) is 4.79 Å². The summed E-state index contributed by atoms with van der Waals surface area (Å²) in [5.41, 5.74) is 0.889. The molecule has 0 amide bonds. The fraction of sp³-hybridized carbons (Fsp3) is 0.278. The zero-order chi connectivity index (χ0) is 16.4. The lowest BCUT2D eigenvalue weighted by Crippen LogP contribution is -2.30. The predicted octanol–water partition coefficient (Wildman–Crippen LogP) is 3.52. The fourth-order valence-electron chi connectivity index (χ4n) is 2.58. The van der Waals surface area contributed by atoms with E-state index in [1.807, 2.05) is 37.3 Å². The first-order chi connectivity index (χ1) is 11.1. The van der Waals surface area contributed by atoms with E-state index in [2.05, 4.69) is 0 Å². The van der Waals surface area contributed by atoms with E-state index in [0.29, 0.717) is 17.2 Å². The van der Waals surface area contributed by atoms with Crippen molar-refractivity contribution in [3.63, 3.8) is 0 Å². The zero-order valence-electron chi connectivity index (χ0n) is 13.2. The van der Waals surface area contributed by atoms with Crippen LogP contribution in [0.15, 0.2) is 42.5 Å². The summed E-state index contributed by atoms with van der Waals surface area (Å²) < 4.78 is 22.4. The maximum absolute atomic E-state index is 11.1. The van der Waals surface area contributed by atoms with Crippen molar-refractivity contribution in [2.24, 2.45) is 0 Å². The van der Waals surface area contributed by atoms with Gasteiger partial charge in [-0.25, -0.2) is 0 Å². The topological polar surface area (TPSA) is 54.0 Å². The lowest BCUT2D eigenvalue weighted by Gasteiger charge is -2.32. The lowest BCUT2D eigenvalue weighted by atomic mass is 10.0. The SMILES string of the molecule is COc1cc([C@@H]2Oc3ccccc3O[C@H]2C)ccc1OC(C)=O. The van der Waals surface area contributed by atoms with Crippen molar-refractivity contribution in [1.82, 2.24) is 0 Å². The molecule has 3 rings (SSSR count). The lowest BCUT2D eigenvalue weighted by molar-refractivity contribution is -0.132. The summed E-state index contributed by atoms with van der Waals surface area (Å²) in [7, 11) is 1.53. The van der Waals surface area contributed by atoms with Crippen molar-refractivity contribution in [1.29, 1.82) is 0 Å². The van der Waals surface area contributed by atoms with Gasteiger partial charge < -0.3 is 18.9 Å². The van der Waals surface area contributed by atoms with Gasteiger partial charge in [0.1, 0.15) is 6.10 Å². The Morgan fingerprint density at radius 3 is 2.39 bits per heavy atom. The Balaban J connectivity index is 1.91. The number of methoxy groups -OCH3 is 1. The molecule has 2 atom stereocenters. The van der Waals surface area contributed by atoms with Gasteiger partial charge in [0.05, 0.1) is 7.11 Å². The molecule has 5 nitrogen and oxygen atoms in total. The van der Waals surface area contributed by atoms with Crippen molar-refractivity contribution in [2.75, 3.05) is 7.11 Å². The zero-order valence-corrected chi connectivity index (χ0v) is 13.2. The number of hydrogen-bond acceptors (Lipinski definition) is 5. The monoisotopic (exact) mass is 314 g/mol. The normalized spacial score (nSPS) is 19.1. The van der Waals surface area contributed by atoms with Gasteiger partial charge in [-0.15, -0.1) is 0 Å². The average molecular weight is 314 g/mol. The molecule has 0 N–H and O–H groups in total. The van der Waals surface area contributed by atoms with Gasteiger partial charge in [-0.1, -0.05) is 18.2 Å². The molecule has 23 heavy (non-hydrogen) atoms. The maximum atomic E-state index is 11.1. The molecule has 2 aromatic rings. The molecule has 5 heteroatoms. The number of benzene rings is 2. The average Bonchev–Trinajstić information content (AvgIpc) is 2.54. The largest absolute Gasteiger partial charge is 0.493 e. The minimum atomic E-state index is -0.393. The summed E-state index contributed by atoms with van der Waals surface area (Å²) in [5, 5.41) is 0. The second kappa shape index (κ2) is 6.20. The summed E-state index contributed by atoms with van der Waals surface area (Å²) in [6.45, 7) is 3.30. The van der Waals surface area contributed by atoms with Crippen molar-refractivity contribution >= 4 is 5.97 Å². The van der Waals surface area contributed by atoms with E-state index in [1.54, 1.807) is 12.1 Å². The van der Waals surface area contributed by atoms with Crippen LogP contribution in [0.25, 0.3) is 0 Å². The Morgan fingerprint density at radius 2 is 1.74 bits per heavy atom. The van der Waals surface area contributed by atoms with Crippen LogP contribution in [0.3, 0.4) is 0 Å². The van der Waals surface area contributed by atoms with E-state index >= 15 is 0 Å². The molecule has 0 spiro atoms. The van der Waals surface area contributed by atoms with Gasteiger partial charge in [-0.3, -0.25) is 4.79 Å². The van der Waals surface area contributed by atoms with Crippen LogP contribution < -0.4 is 18.9 Å². The van der Waals surface area contributed by atoms with Gasteiger partial charge in [-0.05, 0) is 31.2 Å². The minimum absolute atomic E-state index is 0.158. The highest BCUT2D eigenvalue weighted by molar-refractivity contribution is 5.70. The minimum Gasteiger partial charge on any atom is -0.493 e. The van der Waals surface area contributed by atoms with Crippen LogP contribution in [0.2, 0.25) is 0 Å². The van der Waals surface area contributed by atoms with Crippen LogP contribution >= 0.6 is 0 Å². The first kappa shape index (κ1) is 15.2. The second-order valence-corrected chi connectivity index (χ2v) is 5.31. The van der Waals surface area contributed by atoms with Gasteiger partial charge in [0.25, 0.3) is 0 Å². The number of hydrogen-bond donors (Lipinski definition) is 0. The van der Waals surface area contributed by atoms with E-state index < -0.39 is 5.97 Å². The Labute approximate surface area is 134 Å². The van der Waals surface area contributed by atoms with Gasteiger partial charge in [0, 0.05) is 12.5 Å². The number of esters is 1. The third-order valence-electron chi connectivity index (χ3n) is 3.61. The molecule has 2 aromatic carbocycles. The molecule has 0 fully saturated rings. The summed E-state index contributed by atoms with van der Waals surface area (Å²) in [6, 6.07) is 12.9. The van der Waals surface area contributed by atoms with E-state index in [4.69, 9.17) is 18.9 Å². The predicted molar refractivity (Wildman–Crippen MR) is 84.2 cm³/mol. The molecular formula is C18H18O5. The molecule has 0 aliphatic carbocycles. The highest BCUT2D eigenvalue weighted by Crippen LogP contribution is 2.40. The van der Waals surface area contributed by atoms with Crippen molar-refractivity contribution in [3.8, 4) is 23.0 Å². The standard InChI is InChI=1S/C18H18O5/c1-11-18(23-15-7-5-4-6-14(15)21-11)13-8-9-16(22-12(2)19)17(10-13)20-3/h4-11,18H,1-3H3/t11-,18+/m0/s1. The van der Waals surface area contributed by atoms with Crippen molar-refractivity contribution < 1.29 is 23.7 Å². The number of fused-ring (bicyclic) bond motifs is 1. The second-order valence-electron chi connectivity index (χ2n) is 5.31. The fourth-order valence-corrected chi connectivity index (χ4v) is 2.58. The molecule has 0 aromatic heterocycles. The Morgan fingerprint density at radius 1 is 1.04 bits per heavy atom. The van der Waals surface area contributed by atoms with E-state index in [9.17, 15) is 4.79 Å². The number of carbonyl (C=O) groups is 1.